The molecule has 112 heavy (non-hydrogen) atoms. The van der Waals surface area contributed by atoms with Crippen molar-refractivity contribution in [1.29, 1.82) is 0 Å². The van der Waals surface area contributed by atoms with Crippen LogP contribution in [0, 0.1) is 0 Å². The second-order valence-electron chi connectivity index (χ2n) is 31.0. The molecule has 0 aromatic heterocycles. The van der Waals surface area contributed by atoms with Crippen LogP contribution in [0.25, 0.3) is 0 Å². The summed E-state index contributed by atoms with van der Waals surface area (Å²) >= 11 is 0. The molecule has 3 fully saturated rings. The summed E-state index contributed by atoms with van der Waals surface area (Å²) in [5, 5.41) is 121. The van der Waals surface area contributed by atoms with Crippen LogP contribution < -0.4 is 5.32 Å². The number of aliphatic hydroxyl groups excluding tert-OH is 11. The van der Waals surface area contributed by atoms with Gasteiger partial charge < -0.3 is 89.9 Å². The van der Waals surface area contributed by atoms with Gasteiger partial charge in [-0.2, -0.15) is 0 Å². The number of ether oxygens (including phenoxy) is 6. The standard InChI is InChI=1S/C93H159NO18/c1-3-5-7-9-11-13-15-17-19-21-23-25-27-29-31-33-35-36-37-38-39-40-41-43-45-47-49-51-53-55-57-59-61-63-65-67-69-71-81(99)94-76(77(98)70-68-66-64-62-60-58-56-54-52-50-48-46-44-42-34-32-30-28-26-24-22-20-18-16-14-12-10-8-6-4-2)75-107-91-87(105)84(102)89(79(73-96)109-91)112-93-88(106)85(103)90(80(74-97)110-93)111-92-86(104)83(101)82(100)78(72-95)108-92/h5,7,11,13,17,19,23,25,29,31,35-36,38-39,41,43,47,49,53,55,68,70,76-80,82-93,95-98,100-106H,3-4,6,8-10,12,14-16,18,20-22,24,26-28,30,32-34,37,40,42,44-46,48,50-52,54,56-67,69,71-75H2,1-2H3,(H,94,99)/b7-5-,13-11-,19-17-,25-23-,31-29-,36-35-,39-38-,43-41-,49-47-,55-53-,70-68+. The molecular formula is C93H159NO18. The lowest BCUT2D eigenvalue weighted by molar-refractivity contribution is -0.379. The second-order valence-corrected chi connectivity index (χ2v) is 31.0. The van der Waals surface area contributed by atoms with Gasteiger partial charge in [-0.15, -0.1) is 0 Å². The zero-order valence-electron chi connectivity index (χ0n) is 69.4. The van der Waals surface area contributed by atoms with Crippen LogP contribution in [0.4, 0.5) is 0 Å². The Kier molecular flexibility index (Phi) is 64.8. The molecule has 0 radical (unpaired) electrons. The van der Waals surface area contributed by atoms with Gasteiger partial charge in [-0.3, -0.25) is 4.79 Å². The topological polar surface area (TPSA) is 307 Å². The van der Waals surface area contributed by atoms with Crippen molar-refractivity contribution in [3.8, 4) is 0 Å². The fourth-order valence-electron chi connectivity index (χ4n) is 14.2. The third kappa shape index (κ3) is 49.2. The first-order chi connectivity index (χ1) is 54.8. The van der Waals surface area contributed by atoms with E-state index in [9.17, 15) is 61.0 Å². The summed E-state index contributed by atoms with van der Waals surface area (Å²) in [4.78, 5) is 13.5. The lowest BCUT2D eigenvalue weighted by Gasteiger charge is -2.48. The van der Waals surface area contributed by atoms with E-state index in [0.717, 1.165) is 128 Å². The minimum absolute atomic E-state index is 0.218. The van der Waals surface area contributed by atoms with Crippen LogP contribution in [-0.2, 0) is 33.2 Å². The highest BCUT2D eigenvalue weighted by Gasteiger charge is 2.54. The molecule has 17 unspecified atom stereocenters. The average Bonchev–Trinajstić information content (AvgIpc) is 0.781. The zero-order chi connectivity index (χ0) is 81.0. The van der Waals surface area contributed by atoms with Gasteiger partial charge in [0.15, 0.2) is 18.9 Å². The van der Waals surface area contributed by atoms with E-state index >= 15 is 0 Å². The first-order valence-corrected chi connectivity index (χ1v) is 44.4. The van der Waals surface area contributed by atoms with E-state index in [-0.39, 0.29) is 18.9 Å². The number of hydrogen-bond acceptors (Lipinski definition) is 18. The lowest BCUT2D eigenvalue weighted by Crippen LogP contribution is -2.66. The van der Waals surface area contributed by atoms with Gasteiger partial charge in [0.1, 0.15) is 73.2 Å². The molecule has 0 aromatic rings. The summed E-state index contributed by atoms with van der Waals surface area (Å²) < 4.78 is 34.5. The van der Waals surface area contributed by atoms with E-state index in [1.165, 1.54) is 161 Å². The van der Waals surface area contributed by atoms with Crippen LogP contribution >= 0.6 is 0 Å². The van der Waals surface area contributed by atoms with Gasteiger partial charge in [-0.05, 0) is 96.3 Å². The summed E-state index contributed by atoms with van der Waals surface area (Å²) in [6, 6.07) is -0.994. The van der Waals surface area contributed by atoms with Crippen molar-refractivity contribution in [3.05, 3.63) is 134 Å². The molecule has 12 N–H and O–H groups in total. The number of unbranched alkanes of at least 4 members (excludes halogenated alkanes) is 34. The number of rotatable bonds is 70. The Labute approximate surface area is 677 Å². The molecule has 0 saturated carbocycles. The van der Waals surface area contributed by atoms with Crippen LogP contribution in [0.5, 0.6) is 0 Å². The van der Waals surface area contributed by atoms with E-state index in [1.807, 2.05) is 6.08 Å². The van der Waals surface area contributed by atoms with E-state index in [4.69, 9.17) is 28.4 Å². The molecule has 0 aromatic carbocycles. The molecule has 0 aliphatic carbocycles. The minimum atomic E-state index is -1.99. The second kappa shape index (κ2) is 71.1. The van der Waals surface area contributed by atoms with E-state index in [1.54, 1.807) is 6.08 Å². The molecule has 3 rings (SSSR count). The molecule has 3 aliphatic rings. The molecular weight excluding hydrogens is 1420 g/mol. The number of amides is 1. The highest BCUT2D eigenvalue weighted by atomic mass is 16.8. The highest BCUT2D eigenvalue weighted by molar-refractivity contribution is 5.76. The summed E-state index contributed by atoms with van der Waals surface area (Å²) in [6.07, 6.45) is 75.8. The molecule has 1 amide bonds. The fraction of sp³-hybridized carbons (Fsp3) is 0.753. The van der Waals surface area contributed by atoms with Crippen molar-refractivity contribution in [1.82, 2.24) is 5.32 Å². The van der Waals surface area contributed by atoms with Gasteiger partial charge in [-0.25, -0.2) is 0 Å². The summed E-state index contributed by atoms with van der Waals surface area (Å²) in [5.41, 5.74) is 0. The van der Waals surface area contributed by atoms with Gasteiger partial charge >= 0.3 is 0 Å². The Hall–Kier alpha value is -4.07. The Morgan fingerprint density at radius 1 is 0.330 bits per heavy atom. The Bertz CT molecular complexity index is 2540. The van der Waals surface area contributed by atoms with Crippen LogP contribution in [0.3, 0.4) is 0 Å². The molecule has 19 nitrogen and oxygen atoms in total. The third-order valence-corrected chi connectivity index (χ3v) is 21.2. The van der Waals surface area contributed by atoms with Crippen molar-refractivity contribution in [2.24, 2.45) is 0 Å². The smallest absolute Gasteiger partial charge is 0.220 e. The summed E-state index contributed by atoms with van der Waals surface area (Å²) in [7, 11) is 0. The fourth-order valence-corrected chi connectivity index (χ4v) is 14.2. The molecule has 3 heterocycles. The van der Waals surface area contributed by atoms with Crippen molar-refractivity contribution >= 4 is 5.91 Å². The average molecular weight is 1580 g/mol. The maximum atomic E-state index is 13.5. The zero-order valence-corrected chi connectivity index (χ0v) is 69.4. The predicted molar refractivity (Wildman–Crippen MR) is 452 cm³/mol. The molecule has 0 bridgehead atoms. The van der Waals surface area contributed by atoms with Gasteiger partial charge in [-0.1, -0.05) is 347 Å². The Balaban J connectivity index is 1.36. The van der Waals surface area contributed by atoms with Gasteiger partial charge in [0.25, 0.3) is 0 Å². The van der Waals surface area contributed by atoms with Crippen LogP contribution in [0.1, 0.15) is 316 Å². The first-order valence-electron chi connectivity index (χ1n) is 44.4. The van der Waals surface area contributed by atoms with Crippen molar-refractivity contribution < 1.29 is 89.4 Å². The third-order valence-electron chi connectivity index (χ3n) is 21.2. The maximum Gasteiger partial charge on any atom is 0.220 e. The number of carbonyl (C=O) groups is 1. The maximum absolute atomic E-state index is 13.5. The lowest BCUT2D eigenvalue weighted by atomic mass is 9.96. The summed E-state index contributed by atoms with van der Waals surface area (Å²) in [6.45, 7) is 1.64. The minimum Gasteiger partial charge on any atom is -0.394 e. The summed E-state index contributed by atoms with van der Waals surface area (Å²) in [5.74, 6) is -0.292. The number of allylic oxidation sites excluding steroid dienone is 21. The van der Waals surface area contributed by atoms with Crippen LogP contribution in [0.15, 0.2) is 134 Å². The van der Waals surface area contributed by atoms with E-state index in [0.29, 0.717) is 6.42 Å². The molecule has 0 spiro atoms. The van der Waals surface area contributed by atoms with Gasteiger partial charge in [0.2, 0.25) is 5.91 Å². The SMILES string of the molecule is CC/C=C\C/C=C\C/C=C\C/C=C\C/C=C\C/C=C\C/C=C\C/C=C\C/C=C\C/C=C\CCCCCCCCC(=O)NC(COC1OC(CO)C(OC2OC(CO)C(OC3OC(CO)C(O)C(O)C3O)C(O)C2O)C(O)C1O)C(O)/C=C/CCCCCCCCCCCCCCCCCCCCCCCCCCCCCC. The van der Waals surface area contributed by atoms with Crippen molar-refractivity contribution in [3.63, 3.8) is 0 Å². The number of hydrogen-bond donors (Lipinski definition) is 12. The Morgan fingerprint density at radius 3 is 0.964 bits per heavy atom. The van der Waals surface area contributed by atoms with E-state index in [2.05, 4.69) is 141 Å². The molecule has 3 aliphatic heterocycles. The highest BCUT2D eigenvalue weighted by Crippen LogP contribution is 2.33. The monoisotopic (exact) mass is 1580 g/mol. The largest absolute Gasteiger partial charge is 0.394 e. The van der Waals surface area contributed by atoms with Gasteiger partial charge in [0, 0.05) is 6.42 Å². The van der Waals surface area contributed by atoms with Crippen molar-refractivity contribution in [2.45, 2.75) is 420 Å². The van der Waals surface area contributed by atoms with E-state index < -0.39 is 124 Å². The number of aliphatic hydroxyl groups is 11. The van der Waals surface area contributed by atoms with Crippen LogP contribution in [-0.4, -0.2) is 193 Å². The van der Waals surface area contributed by atoms with Gasteiger partial charge in [0.05, 0.1) is 38.6 Å². The molecule has 19 heteroatoms. The van der Waals surface area contributed by atoms with Crippen molar-refractivity contribution in [2.75, 3.05) is 26.4 Å². The molecule has 17 atom stereocenters. The number of nitrogens with one attached hydrogen (secondary N) is 1. The molecule has 3 saturated heterocycles. The predicted octanol–water partition coefficient (Wildman–Crippen LogP) is 16.8. The quantitative estimate of drug-likeness (QED) is 0.0199. The number of carbonyl (C=O) groups excluding carboxylic acids is 1. The molecule has 644 valence electrons. The van der Waals surface area contributed by atoms with Crippen LogP contribution in [0.2, 0.25) is 0 Å². The Morgan fingerprint density at radius 2 is 0.616 bits per heavy atom. The first kappa shape index (κ1) is 102. The normalized spacial score (nSPS) is 25.6.